The Balaban J connectivity index is 2.88. The summed E-state index contributed by atoms with van der Waals surface area (Å²) in [7, 11) is 1.72. The van der Waals surface area contributed by atoms with Gasteiger partial charge in [0.05, 0.1) is 10.7 Å². The van der Waals surface area contributed by atoms with Crippen LogP contribution < -0.4 is 5.32 Å². The first kappa shape index (κ1) is 13.5. The van der Waals surface area contributed by atoms with E-state index < -0.39 is 0 Å². The van der Waals surface area contributed by atoms with E-state index in [0.29, 0.717) is 17.3 Å². The number of anilines is 1. The van der Waals surface area contributed by atoms with Gasteiger partial charge in [-0.3, -0.25) is 9.59 Å². The largest absolute Gasteiger partial charge is 0.342 e. The summed E-state index contributed by atoms with van der Waals surface area (Å²) < 4.78 is 0. The zero-order chi connectivity index (χ0) is 13.0. The van der Waals surface area contributed by atoms with Crippen LogP contribution in [0.1, 0.15) is 19.4 Å². The van der Waals surface area contributed by atoms with Gasteiger partial charge in [-0.05, 0) is 17.7 Å². The Labute approximate surface area is 106 Å². The predicted octanol–water partition coefficient (Wildman–Crippen LogP) is 2.28. The van der Waals surface area contributed by atoms with E-state index in [9.17, 15) is 9.59 Å². The van der Waals surface area contributed by atoms with Gasteiger partial charge < -0.3 is 10.2 Å². The number of rotatable bonds is 3. The average Bonchev–Trinajstić information content (AvgIpc) is 2.22. The van der Waals surface area contributed by atoms with E-state index in [1.165, 1.54) is 13.8 Å². The molecular weight excluding hydrogens is 240 g/mol. The fourth-order valence-electron chi connectivity index (χ4n) is 1.34. The molecule has 0 atom stereocenters. The Morgan fingerprint density at radius 1 is 1.35 bits per heavy atom. The van der Waals surface area contributed by atoms with E-state index >= 15 is 0 Å². The molecule has 17 heavy (non-hydrogen) atoms. The number of hydrogen-bond acceptors (Lipinski definition) is 2. The monoisotopic (exact) mass is 254 g/mol. The number of hydrogen-bond donors (Lipinski definition) is 1. The number of benzene rings is 1. The average molecular weight is 255 g/mol. The third-order valence-corrected chi connectivity index (χ3v) is 2.63. The molecule has 1 aromatic carbocycles. The van der Waals surface area contributed by atoms with Crippen LogP contribution in [-0.2, 0) is 16.1 Å². The molecule has 0 unspecified atom stereocenters. The first-order chi connectivity index (χ1) is 7.90. The van der Waals surface area contributed by atoms with Crippen LogP contribution in [0.15, 0.2) is 18.2 Å². The summed E-state index contributed by atoms with van der Waals surface area (Å²) in [5, 5.41) is 3.12. The number of amides is 2. The summed E-state index contributed by atoms with van der Waals surface area (Å²) in [4.78, 5) is 23.7. The van der Waals surface area contributed by atoms with Gasteiger partial charge in [-0.25, -0.2) is 0 Å². The SMILES string of the molecule is CC(=O)Nc1cc(CN(C)C(C)=O)ccc1Cl. The number of carbonyl (C=O) groups is 2. The molecule has 0 saturated heterocycles. The van der Waals surface area contributed by atoms with Crippen molar-refractivity contribution in [3.63, 3.8) is 0 Å². The number of carbonyl (C=O) groups excluding carboxylic acids is 2. The summed E-state index contributed by atoms with van der Waals surface area (Å²) in [5.41, 5.74) is 1.48. The highest BCUT2D eigenvalue weighted by molar-refractivity contribution is 6.33. The molecule has 1 rings (SSSR count). The molecular formula is C12H15ClN2O2. The molecule has 0 saturated carbocycles. The topological polar surface area (TPSA) is 49.4 Å². The minimum Gasteiger partial charge on any atom is -0.342 e. The Morgan fingerprint density at radius 3 is 2.53 bits per heavy atom. The second-order valence-corrected chi connectivity index (χ2v) is 4.28. The van der Waals surface area contributed by atoms with Crippen LogP contribution >= 0.6 is 11.6 Å². The van der Waals surface area contributed by atoms with Crippen molar-refractivity contribution in [2.24, 2.45) is 0 Å². The fraction of sp³-hybridized carbons (Fsp3) is 0.333. The quantitative estimate of drug-likeness (QED) is 0.900. The van der Waals surface area contributed by atoms with Crippen LogP contribution in [0.3, 0.4) is 0 Å². The van der Waals surface area contributed by atoms with Gasteiger partial charge in [0.1, 0.15) is 0 Å². The van der Waals surface area contributed by atoms with Gasteiger partial charge in [0.2, 0.25) is 11.8 Å². The molecule has 0 aromatic heterocycles. The number of halogens is 1. The second-order valence-electron chi connectivity index (χ2n) is 3.87. The maximum atomic E-state index is 11.1. The lowest BCUT2D eigenvalue weighted by Gasteiger charge is -2.16. The highest BCUT2D eigenvalue weighted by Gasteiger charge is 2.07. The molecule has 5 heteroatoms. The summed E-state index contributed by atoms with van der Waals surface area (Å²) in [6, 6.07) is 5.30. The summed E-state index contributed by atoms with van der Waals surface area (Å²) in [5.74, 6) is -0.190. The first-order valence-electron chi connectivity index (χ1n) is 5.18. The molecule has 0 spiro atoms. The van der Waals surface area contributed by atoms with E-state index in [1.807, 2.05) is 6.07 Å². The second kappa shape index (κ2) is 5.68. The van der Waals surface area contributed by atoms with Crippen LogP contribution in [0.5, 0.6) is 0 Å². The molecule has 4 nitrogen and oxygen atoms in total. The third kappa shape index (κ3) is 4.07. The van der Waals surface area contributed by atoms with Crippen molar-refractivity contribution < 1.29 is 9.59 Å². The molecule has 0 aliphatic rings. The lowest BCUT2D eigenvalue weighted by molar-refractivity contribution is -0.128. The van der Waals surface area contributed by atoms with Crippen molar-refractivity contribution in [2.75, 3.05) is 12.4 Å². The molecule has 0 bridgehead atoms. The van der Waals surface area contributed by atoms with Crippen LogP contribution in [0, 0.1) is 0 Å². The lowest BCUT2D eigenvalue weighted by atomic mass is 10.2. The predicted molar refractivity (Wildman–Crippen MR) is 67.9 cm³/mol. The zero-order valence-electron chi connectivity index (χ0n) is 10.1. The Morgan fingerprint density at radius 2 is 2.00 bits per heavy atom. The Kier molecular flexibility index (Phi) is 4.52. The molecule has 0 aliphatic heterocycles. The van der Waals surface area contributed by atoms with E-state index in [4.69, 9.17) is 11.6 Å². The van der Waals surface area contributed by atoms with E-state index in [2.05, 4.69) is 5.32 Å². The van der Waals surface area contributed by atoms with Gasteiger partial charge >= 0.3 is 0 Å². The smallest absolute Gasteiger partial charge is 0.221 e. The molecule has 0 fully saturated rings. The maximum absolute atomic E-state index is 11.1. The Bertz CT molecular complexity index is 446. The molecule has 1 N–H and O–H groups in total. The molecule has 92 valence electrons. The maximum Gasteiger partial charge on any atom is 0.221 e. The molecule has 2 amide bonds. The summed E-state index contributed by atoms with van der Waals surface area (Å²) in [6.45, 7) is 3.41. The van der Waals surface area contributed by atoms with Crippen LogP contribution in [-0.4, -0.2) is 23.8 Å². The number of nitrogens with one attached hydrogen (secondary N) is 1. The van der Waals surface area contributed by atoms with Crippen molar-refractivity contribution in [1.29, 1.82) is 0 Å². The van der Waals surface area contributed by atoms with Crippen LogP contribution in [0.2, 0.25) is 5.02 Å². The standard InChI is InChI=1S/C12H15ClN2O2/c1-8(16)14-12-6-10(4-5-11(12)13)7-15(3)9(2)17/h4-6H,7H2,1-3H3,(H,14,16). The van der Waals surface area contributed by atoms with Gasteiger partial charge in [0, 0.05) is 27.4 Å². The van der Waals surface area contributed by atoms with Gasteiger partial charge in [-0.2, -0.15) is 0 Å². The van der Waals surface area contributed by atoms with Crippen LogP contribution in [0.25, 0.3) is 0 Å². The van der Waals surface area contributed by atoms with E-state index in [0.717, 1.165) is 5.56 Å². The highest BCUT2D eigenvalue weighted by atomic mass is 35.5. The normalized spacial score (nSPS) is 9.88. The minimum absolute atomic E-state index is 0.0129. The van der Waals surface area contributed by atoms with Crippen molar-refractivity contribution in [2.45, 2.75) is 20.4 Å². The van der Waals surface area contributed by atoms with Crippen molar-refractivity contribution in [3.8, 4) is 0 Å². The van der Waals surface area contributed by atoms with Crippen molar-refractivity contribution in [3.05, 3.63) is 28.8 Å². The summed E-state index contributed by atoms with van der Waals surface area (Å²) in [6.07, 6.45) is 0. The van der Waals surface area contributed by atoms with Crippen molar-refractivity contribution >= 4 is 29.1 Å². The van der Waals surface area contributed by atoms with Gasteiger partial charge in [-0.1, -0.05) is 17.7 Å². The Hall–Kier alpha value is -1.55. The van der Waals surface area contributed by atoms with Gasteiger partial charge in [-0.15, -0.1) is 0 Å². The lowest BCUT2D eigenvalue weighted by Crippen LogP contribution is -2.23. The zero-order valence-corrected chi connectivity index (χ0v) is 10.8. The van der Waals surface area contributed by atoms with E-state index in [1.54, 1.807) is 24.1 Å². The highest BCUT2D eigenvalue weighted by Crippen LogP contribution is 2.23. The molecule has 0 heterocycles. The number of nitrogens with zero attached hydrogens (tertiary/aromatic N) is 1. The molecule has 1 aromatic rings. The first-order valence-corrected chi connectivity index (χ1v) is 5.55. The van der Waals surface area contributed by atoms with Gasteiger partial charge in [0.25, 0.3) is 0 Å². The third-order valence-electron chi connectivity index (χ3n) is 2.30. The molecule has 0 aliphatic carbocycles. The summed E-state index contributed by atoms with van der Waals surface area (Å²) >= 11 is 5.94. The van der Waals surface area contributed by atoms with Crippen molar-refractivity contribution in [1.82, 2.24) is 4.90 Å². The van der Waals surface area contributed by atoms with E-state index in [-0.39, 0.29) is 11.8 Å². The molecule has 0 radical (unpaired) electrons. The fourth-order valence-corrected chi connectivity index (χ4v) is 1.51. The van der Waals surface area contributed by atoms with Crippen LogP contribution in [0.4, 0.5) is 5.69 Å². The minimum atomic E-state index is -0.177. The van der Waals surface area contributed by atoms with Gasteiger partial charge in [0.15, 0.2) is 0 Å².